The van der Waals surface area contributed by atoms with Crippen LogP contribution < -0.4 is 5.32 Å². The smallest absolute Gasteiger partial charge is 0.220 e. The number of amides is 1. The molecule has 1 aliphatic heterocycles. The predicted molar refractivity (Wildman–Crippen MR) is 267 cm³/mol. The maximum Gasteiger partial charge on any atom is 0.220 e. The number of aliphatic hydroxyl groups is 5. The Balaban J connectivity index is 2.15. The summed E-state index contributed by atoms with van der Waals surface area (Å²) >= 11 is 0. The third kappa shape index (κ3) is 34.0. The predicted octanol–water partition coefficient (Wildman–Crippen LogP) is 12.1. The number of hydrogen-bond donors (Lipinski definition) is 6. The van der Waals surface area contributed by atoms with Crippen LogP contribution in [0.1, 0.15) is 213 Å². The molecule has 9 heteroatoms. The largest absolute Gasteiger partial charge is 0.394 e. The molecule has 64 heavy (non-hydrogen) atoms. The molecule has 1 rings (SSSR count). The van der Waals surface area contributed by atoms with Crippen molar-refractivity contribution in [3.8, 4) is 0 Å². The summed E-state index contributed by atoms with van der Waals surface area (Å²) in [4.78, 5) is 13.0. The van der Waals surface area contributed by atoms with E-state index in [4.69, 9.17) is 9.47 Å². The summed E-state index contributed by atoms with van der Waals surface area (Å²) in [5.41, 5.74) is 0. The molecular weight excluding hydrogens is 803 g/mol. The number of carbonyl (C=O) groups excluding carboxylic acids is 1. The number of allylic oxidation sites excluding steroid dienone is 12. The lowest BCUT2D eigenvalue weighted by atomic mass is 9.99. The first-order valence-corrected chi connectivity index (χ1v) is 26.1. The van der Waals surface area contributed by atoms with Crippen LogP contribution in [-0.4, -0.2) is 87.5 Å². The van der Waals surface area contributed by atoms with E-state index in [1.807, 2.05) is 0 Å². The van der Waals surface area contributed by atoms with Gasteiger partial charge in [-0.15, -0.1) is 0 Å². The van der Waals surface area contributed by atoms with E-state index >= 15 is 0 Å². The van der Waals surface area contributed by atoms with Gasteiger partial charge in [-0.2, -0.15) is 0 Å². The first-order chi connectivity index (χ1) is 31.3. The lowest BCUT2D eigenvalue weighted by Gasteiger charge is -2.40. The highest BCUT2D eigenvalue weighted by atomic mass is 16.7. The zero-order chi connectivity index (χ0) is 46.6. The summed E-state index contributed by atoms with van der Waals surface area (Å²) in [5.74, 6) is -0.151. The van der Waals surface area contributed by atoms with E-state index in [1.54, 1.807) is 0 Å². The number of ether oxygens (including phenoxy) is 2. The number of nitrogens with one attached hydrogen (secondary N) is 1. The van der Waals surface area contributed by atoms with E-state index < -0.39 is 49.5 Å². The number of rotatable bonds is 43. The summed E-state index contributed by atoms with van der Waals surface area (Å²) in [6, 6.07) is -0.721. The monoisotopic (exact) mass is 900 g/mol. The van der Waals surface area contributed by atoms with Crippen molar-refractivity contribution in [3.05, 3.63) is 72.9 Å². The molecule has 1 fully saturated rings. The van der Waals surface area contributed by atoms with Crippen molar-refractivity contribution >= 4 is 5.91 Å². The molecule has 0 aromatic carbocycles. The van der Waals surface area contributed by atoms with E-state index in [-0.39, 0.29) is 12.5 Å². The van der Waals surface area contributed by atoms with Crippen LogP contribution >= 0.6 is 0 Å². The zero-order valence-corrected chi connectivity index (χ0v) is 40.8. The van der Waals surface area contributed by atoms with Gasteiger partial charge in [0.05, 0.1) is 25.4 Å². The summed E-state index contributed by atoms with van der Waals surface area (Å²) in [7, 11) is 0. The molecule has 1 amide bonds. The van der Waals surface area contributed by atoms with Gasteiger partial charge in [-0.3, -0.25) is 4.79 Å². The highest BCUT2D eigenvalue weighted by molar-refractivity contribution is 5.76. The molecule has 6 N–H and O–H groups in total. The van der Waals surface area contributed by atoms with Gasteiger partial charge >= 0.3 is 0 Å². The van der Waals surface area contributed by atoms with E-state index in [0.29, 0.717) is 12.8 Å². The number of unbranched alkanes of at least 4 members (excludes halogenated alkanes) is 21. The number of carbonyl (C=O) groups is 1. The number of hydrogen-bond acceptors (Lipinski definition) is 8. The molecule has 0 bridgehead atoms. The van der Waals surface area contributed by atoms with Crippen molar-refractivity contribution in [3.63, 3.8) is 0 Å². The lowest BCUT2D eigenvalue weighted by Crippen LogP contribution is -2.60. The Morgan fingerprint density at radius 1 is 0.547 bits per heavy atom. The summed E-state index contributed by atoms with van der Waals surface area (Å²) in [6.45, 7) is 3.69. The molecular formula is C55H97NO8. The van der Waals surface area contributed by atoms with Gasteiger partial charge in [0.1, 0.15) is 24.4 Å². The van der Waals surface area contributed by atoms with Gasteiger partial charge < -0.3 is 40.3 Å². The van der Waals surface area contributed by atoms with Crippen LogP contribution in [0.5, 0.6) is 0 Å². The third-order valence-electron chi connectivity index (χ3n) is 12.1. The Morgan fingerprint density at radius 2 is 0.969 bits per heavy atom. The molecule has 0 aromatic rings. The average Bonchev–Trinajstić information content (AvgIpc) is 3.29. The van der Waals surface area contributed by atoms with Crippen molar-refractivity contribution < 1.29 is 39.8 Å². The van der Waals surface area contributed by atoms with E-state index in [0.717, 1.165) is 77.0 Å². The average molecular weight is 900 g/mol. The SMILES string of the molecule is CC/C=C\C/C=C\C/C=C\C/C=C\C/C=C\C/C=C\CCCCCCCCCCCCCCC(=O)NC(COC1OC(CO)C(O)C(O)C1O)C(O)CCCCCCCCCCCC. The van der Waals surface area contributed by atoms with Crippen molar-refractivity contribution in [1.29, 1.82) is 0 Å². The van der Waals surface area contributed by atoms with Crippen molar-refractivity contribution in [2.45, 2.75) is 256 Å². The number of aliphatic hydroxyl groups excluding tert-OH is 5. The van der Waals surface area contributed by atoms with Gasteiger partial charge in [0.25, 0.3) is 0 Å². The van der Waals surface area contributed by atoms with Crippen molar-refractivity contribution in [2.75, 3.05) is 13.2 Å². The second kappa shape index (κ2) is 44.5. The molecule has 0 spiro atoms. The third-order valence-corrected chi connectivity index (χ3v) is 12.1. The van der Waals surface area contributed by atoms with Crippen LogP contribution in [0, 0.1) is 0 Å². The van der Waals surface area contributed by atoms with Gasteiger partial charge in [-0.1, -0.05) is 215 Å². The molecule has 1 saturated heterocycles. The molecule has 0 radical (unpaired) electrons. The molecule has 7 unspecified atom stereocenters. The molecule has 370 valence electrons. The van der Waals surface area contributed by atoms with Gasteiger partial charge in [-0.25, -0.2) is 0 Å². The lowest BCUT2D eigenvalue weighted by molar-refractivity contribution is -0.302. The Bertz CT molecular complexity index is 1230. The van der Waals surface area contributed by atoms with E-state index in [9.17, 15) is 30.3 Å². The Morgan fingerprint density at radius 3 is 1.44 bits per heavy atom. The second-order valence-electron chi connectivity index (χ2n) is 17.9. The molecule has 0 saturated carbocycles. The summed E-state index contributed by atoms with van der Waals surface area (Å²) < 4.78 is 11.3. The van der Waals surface area contributed by atoms with Gasteiger partial charge in [-0.05, 0) is 64.2 Å². The fourth-order valence-electron chi connectivity index (χ4n) is 7.93. The van der Waals surface area contributed by atoms with Crippen LogP contribution in [0.3, 0.4) is 0 Å². The first kappa shape index (κ1) is 59.6. The molecule has 0 aliphatic carbocycles. The highest BCUT2D eigenvalue weighted by Gasteiger charge is 2.44. The summed E-state index contributed by atoms with van der Waals surface area (Å²) in [5, 5.41) is 54.3. The van der Waals surface area contributed by atoms with E-state index in [2.05, 4.69) is 92.1 Å². The molecule has 1 heterocycles. The van der Waals surface area contributed by atoms with Crippen molar-refractivity contribution in [2.24, 2.45) is 0 Å². The zero-order valence-electron chi connectivity index (χ0n) is 40.8. The van der Waals surface area contributed by atoms with E-state index in [1.165, 1.54) is 109 Å². The molecule has 0 aromatic heterocycles. The maximum atomic E-state index is 13.0. The van der Waals surface area contributed by atoms with Gasteiger partial charge in [0.15, 0.2) is 6.29 Å². The maximum absolute atomic E-state index is 13.0. The Labute approximate surface area is 391 Å². The topological polar surface area (TPSA) is 149 Å². The molecule has 1 aliphatic rings. The standard InChI is InChI=1S/C55H97NO8/c1-3-5-7-9-11-13-15-16-17-18-19-20-21-22-23-24-25-26-27-28-29-30-31-32-33-34-35-37-39-41-43-45-51(59)56-48(47-63-55-54(62)53(61)52(60)50(46-57)64-55)49(58)44-42-40-38-36-14-12-10-8-6-4-2/h5,7,11,13,16-17,19-20,22-23,25-26,48-50,52-55,57-58,60-62H,3-4,6,8-10,12,14-15,18,21,24,27-47H2,1-2H3,(H,56,59)/b7-5-,13-11-,17-16-,20-19-,23-22-,26-25-. The van der Waals surface area contributed by atoms with Crippen LogP contribution in [-0.2, 0) is 14.3 Å². The fraction of sp³-hybridized carbons (Fsp3) is 0.764. The molecule has 7 atom stereocenters. The minimum atomic E-state index is -1.55. The highest BCUT2D eigenvalue weighted by Crippen LogP contribution is 2.23. The quantitative estimate of drug-likeness (QED) is 0.0262. The first-order valence-electron chi connectivity index (χ1n) is 26.1. The second-order valence-corrected chi connectivity index (χ2v) is 17.9. The Kier molecular flexibility index (Phi) is 41.4. The van der Waals surface area contributed by atoms with Crippen molar-refractivity contribution in [1.82, 2.24) is 5.32 Å². The summed E-state index contributed by atoms with van der Waals surface area (Å²) in [6.07, 6.45) is 53.6. The van der Waals surface area contributed by atoms with Gasteiger partial charge in [0, 0.05) is 6.42 Å². The van der Waals surface area contributed by atoms with Crippen LogP contribution in [0.15, 0.2) is 72.9 Å². The van der Waals surface area contributed by atoms with Crippen LogP contribution in [0.2, 0.25) is 0 Å². The normalized spacial score (nSPS) is 20.6. The minimum Gasteiger partial charge on any atom is -0.394 e. The Hall–Kier alpha value is -2.37. The van der Waals surface area contributed by atoms with Crippen LogP contribution in [0.25, 0.3) is 0 Å². The van der Waals surface area contributed by atoms with Crippen LogP contribution in [0.4, 0.5) is 0 Å². The minimum absolute atomic E-state index is 0.141. The molecule has 9 nitrogen and oxygen atoms in total. The van der Waals surface area contributed by atoms with Gasteiger partial charge in [0.2, 0.25) is 5.91 Å². The fourth-order valence-corrected chi connectivity index (χ4v) is 7.93.